The second kappa shape index (κ2) is 6.49. The number of aromatic amines is 1. The minimum absolute atomic E-state index is 0.192. The zero-order valence-electron chi connectivity index (χ0n) is 11.2. The topological polar surface area (TPSA) is 86.9 Å². The summed E-state index contributed by atoms with van der Waals surface area (Å²) in [5.41, 5.74) is 0. The Morgan fingerprint density at radius 3 is 3.00 bits per heavy atom. The van der Waals surface area contributed by atoms with Crippen LogP contribution in [0.3, 0.4) is 0 Å². The summed E-state index contributed by atoms with van der Waals surface area (Å²) >= 11 is 0. The summed E-state index contributed by atoms with van der Waals surface area (Å²) in [5, 5.41) is 3.24. The van der Waals surface area contributed by atoms with Gasteiger partial charge in [-0.1, -0.05) is 6.92 Å². The minimum Gasteiger partial charge on any atom is -0.347 e. The van der Waals surface area contributed by atoms with Gasteiger partial charge >= 0.3 is 0 Å². The Labute approximate surface area is 114 Å². The lowest BCUT2D eigenvalue weighted by Gasteiger charge is -2.23. The van der Waals surface area contributed by atoms with E-state index >= 15 is 0 Å². The first-order valence-electron chi connectivity index (χ1n) is 6.80. The van der Waals surface area contributed by atoms with Gasteiger partial charge in [0.15, 0.2) is 0 Å². The van der Waals surface area contributed by atoms with Crippen molar-refractivity contribution >= 4 is 10.0 Å². The molecule has 2 unspecified atom stereocenters. The van der Waals surface area contributed by atoms with E-state index in [9.17, 15) is 8.42 Å². The Morgan fingerprint density at radius 2 is 2.42 bits per heavy atom. The SMILES string of the molecule is CCC(NS(=O)(=O)CC1CCCNC1)c1ncc[nH]1. The summed E-state index contributed by atoms with van der Waals surface area (Å²) in [6.45, 7) is 3.73. The zero-order valence-corrected chi connectivity index (χ0v) is 12.0. The number of hydrogen-bond acceptors (Lipinski definition) is 4. The molecule has 7 heteroatoms. The van der Waals surface area contributed by atoms with Crippen molar-refractivity contribution in [1.82, 2.24) is 20.0 Å². The predicted molar refractivity (Wildman–Crippen MR) is 74.1 cm³/mol. The number of hydrogen-bond donors (Lipinski definition) is 3. The average Bonchev–Trinajstić information content (AvgIpc) is 2.90. The number of sulfonamides is 1. The molecule has 1 aromatic heterocycles. The van der Waals surface area contributed by atoms with E-state index in [0.717, 1.165) is 25.9 Å². The maximum Gasteiger partial charge on any atom is 0.212 e. The fraction of sp³-hybridized carbons (Fsp3) is 0.750. The van der Waals surface area contributed by atoms with Crippen molar-refractivity contribution in [3.8, 4) is 0 Å². The summed E-state index contributed by atoms with van der Waals surface area (Å²) in [4.78, 5) is 7.09. The lowest BCUT2D eigenvalue weighted by atomic mass is 10.0. The van der Waals surface area contributed by atoms with Crippen LogP contribution in [0.1, 0.15) is 38.1 Å². The fourth-order valence-corrected chi connectivity index (χ4v) is 4.16. The van der Waals surface area contributed by atoms with Gasteiger partial charge < -0.3 is 10.3 Å². The highest BCUT2D eigenvalue weighted by Gasteiger charge is 2.24. The monoisotopic (exact) mass is 286 g/mol. The van der Waals surface area contributed by atoms with E-state index in [2.05, 4.69) is 20.0 Å². The summed E-state index contributed by atoms with van der Waals surface area (Å²) in [6.07, 6.45) is 6.05. The van der Waals surface area contributed by atoms with Crippen LogP contribution in [0.25, 0.3) is 0 Å². The quantitative estimate of drug-likeness (QED) is 0.721. The highest BCUT2D eigenvalue weighted by Crippen LogP contribution is 2.16. The van der Waals surface area contributed by atoms with Gasteiger partial charge in [-0.2, -0.15) is 0 Å². The number of nitrogens with zero attached hydrogens (tertiary/aromatic N) is 1. The highest BCUT2D eigenvalue weighted by atomic mass is 32.2. The molecule has 0 aromatic carbocycles. The molecule has 0 spiro atoms. The third-order valence-corrected chi connectivity index (χ3v) is 4.99. The Hall–Kier alpha value is -0.920. The average molecular weight is 286 g/mol. The molecule has 2 heterocycles. The molecule has 0 bridgehead atoms. The van der Waals surface area contributed by atoms with Crippen molar-refractivity contribution in [3.05, 3.63) is 18.2 Å². The van der Waals surface area contributed by atoms with Crippen LogP contribution in [0.4, 0.5) is 0 Å². The van der Waals surface area contributed by atoms with Crippen molar-refractivity contribution in [1.29, 1.82) is 0 Å². The first kappa shape index (κ1) is 14.5. The number of H-pyrrole nitrogens is 1. The molecule has 0 radical (unpaired) electrons. The number of rotatable bonds is 6. The Kier molecular flexibility index (Phi) is 4.95. The first-order chi connectivity index (χ1) is 9.11. The molecule has 19 heavy (non-hydrogen) atoms. The molecule has 6 nitrogen and oxygen atoms in total. The van der Waals surface area contributed by atoms with Crippen LogP contribution in [-0.2, 0) is 10.0 Å². The Balaban J connectivity index is 1.95. The van der Waals surface area contributed by atoms with Gasteiger partial charge in [0.2, 0.25) is 10.0 Å². The molecule has 108 valence electrons. The van der Waals surface area contributed by atoms with Crippen molar-refractivity contribution in [2.24, 2.45) is 5.92 Å². The summed E-state index contributed by atoms with van der Waals surface area (Å²) in [5.74, 6) is 1.07. The third kappa shape index (κ3) is 4.29. The zero-order chi connectivity index (χ0) is 13.7. The molecule has 1 aliphatic heterocycles. The maximum absolute atomic E-state index is 12.2. The summed E-state index contributed by atoms with van der Waals surface area (Å²) in [7, 11) is -3.27. The van der Waals surface area contributed by atoms with E-state index in [1.165, 1.54) is 0 Å². The number of imidazole rings is 1. The molecule has 2 atom stereocenters. The van der Waals surface area contributed by atoms with Gasteiger partial charge in [-0.25, -0.2) is 18.1 Å². The molecule has 3 N–H and O–H groups in total. The van der Waals surface area contributed by atoms with Crippen LogP contribution in [0.5, 0.6) is 0 Å². The molecule has 0 saturated carbocycles. The lowest BCUT2D eigenvalue weighted by molar-refractivity contribution is 0.401. The molecular weight excluding hydrogens is 264 g/mol. The predicted octanol–water partition coefficient (Wildman–Crippen LogP) is 0.780. The van der Waals surface area contributed by atoms with Gasteiger partial charge in [-0.15, -0.1) is 0 Å². The van der Waals surface area contributed by atoms with Crippen molar-refractivity contribution in [2.45, 2.75) is 32.2 Å². The van der Waals surface area contributed by atoms with E-state index in [1.807, 2.05) is 6.92 Å². The smallest absolute Gasteiger partial charge is 0.212 e. The first-order valence-corrected chi connectivity index (χ1v) is 8.46. The van der Waals surface area contributed by atoms with Crippen LogP contribution in [0.15, 0.2) is 12.4 Å². The molecule has 0 aliphatic carbocycles. The van der Waals surface area contributed by atoms with Gasteiger partial charge in [-0.05, 0) is 38.3 Å². The number of nitrogens with one attached hydrogen (secondary N) is 3. The standard InChI is InChI=1S/C12H22N4O2S/c1-2-11(12-14-6-7-15-12)16-19(17,18)9-10-4-3-5-13-8-10/h6-7,10-11,13,16H,2-5,8-9H2,1H3,(H,14,15). The Bertz CT molecular complexity index is 466. The minimum atomic E-state index is -3.27. The van der Waals surface area contributed by atoms with E-state index in [1.54, 1.807) is 12.4 Å². The van der Waals surface area contributed by atoms with Crippen LogP contribution >= 0.6 is 0 Å². The van der Waals surface area contributed by atoms with Gasteiger partial charge in [0.1, 0.15) is 5.82 Å². The molecule has 1 saturated heterocycles. The maximum atomic E-state index is 12.2. The van der Waals surface area contributed by atoms with E-state index in [-0.39, 0.29) is 17.7 Å². The largest absolute Gasteiger partial charge is 0.347 e. The van der Waals surface area contributed by atoms with Crippen LogP contribution in [0.2, 0.25) is 0 Å². The lowest BCUT2D eigenvalue weighted by Crippen LogP contribution is -2.38. The molecule has 1 fully saturated rings. The molecule has 1 aliphatic rings. The van der Waals surface area contributed by atoms with E-state index < -0.39 is 10.0 Å². The van der Waals surface area contributed by atoms with Gasteiger partial charge in [-0.3, -0.25) is 0 Å². The van der Waals surface area contributed by atoms with E-state index in [4.69, 9.17) is 0 Å². The van der Waals surface area contributed by atoms with Crippen LogP contribution in [0, 0.1) is 5.92 Å². The number of aromatic nitrogens is 2. The van der Waals surface area contributed by atoms with Crippen LogP contribution < -0.4 is 10.0 Å². The summed E-state index contributed by atoms with van der Waals surface area (Å²) < 4.78 is 27.1. The third-order valence-electron chi connectivity index (χ3n) is 3.43. The molecule has 0 amide bonds. The van der Waals surface area contributed by atoms with Gasteiger partial charge in [0.05, 0.1) is 11.8 Å². The molecular formula is C12H22N4O2S. The van der Waals surface area contributed by atoms with Crippen molar-refractivity contribution < 1.29 is 8.42 Å². The fourth-order valence-electron chi connectivity index (χ4n) is 2.44. The second-order valence-electron chi connectivity index (χ2n) is 5.05. The Morgan fingerprint density at radius 1 is 1.58 bits per heavy atom. The van der Waals surface area contributed by atoms with Gasteiger partial charge in [0, 0.05) is 12.4 Å². The molecule has 2 rings (SSSR count). The summed E-state index contributed by atoms with van der Waals surface area (Å²) in [6, 6.07) is -0.267. The van der Waals surface area contributed by atoms with Crippen molar-refractivity contribution in [3.63, 3.8) is 0 Å². The van der Waals surface area contributed by atoms with E-state index in [0.29, 0.717) is 12.2 Å². The van der Waals surface area contributed by atoms with Gasteiger partial charge in [0.25, 0.3) is 0 Å². The van der Waals surface area contributed by atoms with Crippen molar-refractivity contribution in [2.75, 3.05) is 18.8 Å². The normalized spacial score (nSPS) is 22.3. The highest BCUT2D eigenvalue weighted by molar-refractivity contribution is 7.89. The van der Waals surface area contributed by atoms with Crippen LogP contribution in [-0.4, -0.2) is 37.2 Å². The molecule has 1 aromatic rings. The second-order valence-corrected chi connectivity index (χ2v) is 6.85. The number of piperidine rings is 1.